The van der Waals surface area contributed by atoms with Crippen LogP contribution in [0.1, 0.15) is 42.2 Å². The number of pyridine rings is 1. The van der Waals surface area contributed by atoms with Crippen LogP contribution in [0.15, 0.2) is 47.7 Å². The number of benzene rings is 1. The molecule has 3 rings (SSSR count). The first-order valence-corrected chi connectivity index (χ1v) is 9.50. The number of carbonyl (C=O) groups is 1. The SMILES string of the molecule is C[C@@H](NC(=O)Cc1ccc(C2CC=NN2C)cc1)c1ccc(OCC(F)(F)F)cn1. The Bertz CT molecular complexity index is 883. The van der Waals surface area contributed by atoms with E-state index in [0.717, 1.165) is 17.5 Å². The summed E-state index contributed by atoms with van der Waals surface area (Å²) in [5.41, 5.74) is 2.56. The van der Waals surface area contributed by atoms with E-state index in [1.807, 2.05) is 42.5 Å². The van der Waals surface area contributed by atoms with Crippen molar-refractivity contribution < 1.29 is 22.7 Å². The van der Waals surface area contributed by atoms with Gasteiger partial charge in [-0.3, -0.25) is 14.8 Å². The molecule has 2 heterocycles. The van der Waals surface area contributed by atoms with Gasteiger partial charge >= 0.3 is 6.18 Å². The highest BCUT2D eigenvalue weighted by Crippen LogP contribution is 2.26. The maximum atomic E-state index is 12.4. The zero-order valence-corrected chi connectivity index (χ0v) is 16.7. The smallest absolute Gasteiger partial charge is 0.422 e. The molecule has 1 unspecified atom stereocenters. The standard InChI is InChI=1S/C21H23F3N4O2/c1-14(18-8-7-17(12-25-18)30-13-21(22,23)24)27-20(29)11-15-3-5-16(6-4-15)19-9-10-26-28(19)2/h3-8,10,12,14,19H,9,11,13H2,1-2H3,(H,27,29)/t14-,19?/m1/s1. The lowest BCUT2D eigenvalue weighted by atomic mass is 10.0. The van der Waals surface area contributed by atoms with E-state index in [-0.39, 0.29) is 24.1 Å². The molecule has 30 heavy (non-hydrogen) atoms. The van der Waals surface area contributed by atoms with E-state index in [9.17, 15) is 18.0 Å². The molecule has 0 aliphatic carbocycles. The number of carbonyl (C=O) groups excluding carboxylic acids is 1. The molecule has 160 valence electrons. The fourth-order valence-corrected chi connectivity index (χ4v) is 3.17. The highest BCUT2D eigenvalue weighted by atomic mass is 19.4. The maximum Gasteiger partial charge on any atom is 0.422 e. The Hall–Kier alpha value is -3.10. The Balaban J connectivity index is 1.50. The van der Waals surface area contributed by atoms with Gasteiger partial charge in [0.2, 0.25) is 5.91 Å². The van der Waals surface area contributed by atoms with Crippen LogP contribution in [0, 0.1) is 0 Å². The number of hydrazone groups is 1. The Morgan fingerprint density at radius 2 is 2.00 bits per heavy atom. The molecule has 1 aromatic heterocycles. The highest BCUT2D eigenvalue weighted by molar-refractivity contribution is 5.79. The van der Waals surface area contributed by atoms with Gasteiger partial charge in [0, 0.05) is 19.7 Å². The number of amides is 1. The lowest BCUT2D eigenvalue weighted by molar-refractivity contribution is -0.153. The normalized spacial score (nSPS) is 17.1. The molecule has 1 aliphatic heterocycles. The summed E-state index contributed by atoms with van der Waals surface area (Å²) in [6, 6.07) is 10.6. The molecule has 0 saturated carbocycles. The van der Waals surface area contributed by atoms with Crippen molar-refractivity contribution in [3.8, 4) is 5.75 Å². The molecule has 2 atom stereocenters. The molecule has 1 amide bonds. The first-order valence-electron chi connectivity index (χ1n) is 9.50. The van der Waals surface area contributed by atoms with E-state index >= 15 is 0 Å². The molecule has 0 saturated heterocycles. The van der Waals surface area contributed by atoms with Gasteiger partial charge in [-0.05, 0) is 30.2 Å². The highest BCUT2D eigenvalue weighted by Gasteiger charge is 2.28. The molecule has 6 nitrogen and oxygen atoms in total. The van der Waals surface area contributed by atoms with Crippen LogP contribution in [0.3, 0.4) is 0 Å². The molecule has 1 N–H and O–H groups in total. The molecular weight excluding hydrogens is 397 g/mol. The second kappa shape index (κ2) is 9.15. The van der Waals surface area contributed by atoms with Crippen molar-refractivity contribution in [3.05, 3.63) is 59.4 Å². The lowest BCUT2D eigenvalue weighted by Crippen LogP contribution is -2.28. The third kappa shape index (κ3) is 5.95. The molecule has 0 bridgehead atoms. The van der Waals surface area contributed by atoms with Crippen molar-refractivity contribution in [1.29, 1.82) is 0 Å². The number of rotatable bonds is 7. The second-order valence-electron chi connectivity index (χ2n) is 7.15. The minimum Gasteiger partial charge on any atom is -0.483 e. The van der Waals surface area contributed by atoms with Crippen molar-refractivity contribution in [1.82, 2.24) is 15.3 Å². The van der Waals surface area contributed by atoms with E-state index in [1.165, 1.54) is 18.3 Å². The number of nitrogens with zero attached hydrogens (tertiary/aromatic N) is 3. The molecule has 1 aliphatic rings. The van der Waals surface area contributed by atoms with Gasteiger partial charge in [-0.25, -0.2) is 0 Å². The first-order chi connectivity index (χ1) is 14.2. The van der Waals surface area contributed by atoms with Gasteiger partial charge in [0.05, 0.1) is 30.4 Å². The van der Waals surface area contributed by atoms with Gasteiger partial charge in [-0.1, -0.05) is 24.3 Å². The summed E-state index contributed by atoms with van der Waals surface area (Å²) in [4.78, 5) is 16.4. The number of aromatic nitrogens is 1. The summed E-state index contributed by atoms with van der Waals surface area (Å²) in [6.07, 6.45) is -0.225. The number of hydrogen-bond acceptors (Lipinski definition) is 5. The van der Waals surface area contributed by atoms with Crippen molar-refractivity contribution >= 4 is 12.1 Å². The predicted octanol–water partition coefficient (Wildman–Crippen LogP) is 3.81. The fourth-order valence-electron chi connectivity index (χ4n) is 3.17. The van der Waals surface area contributed by atoms with Crippen LogP contribution in [0.5, 0.6) is 5.75 Å². The molecule has 2 aromatic rings. The number of ether oxygens (including phenoxy) is 1. The Labute approximate surface area is 172 Å². The Morgan fingerprint density at radius 3 is 2.57 bits per heavy atom. The topological polar surface area (TPSA) is 66.8 Å². The quantitative estimate of drug-likeness (QED) is 0.740. The third-order valence-electron chi connectivity index (χ3n) is 4.76. The molecule has 0 radical (unpaired) electrons. The van der Waals surface area contributed by atoms with E-state index in [4.69, 9.17) is 0 Å². The largest absolute Gasteiger partial charge is 0.483 e. The van der Waals surface area contributed by atoms with Crippen LogP contribution in [0.25, 0.3) is 0 Å². The van der Waals surface area contributed by atoms with Crippen LogP contribution in [0.4, 0.5) is 13.2 Å². The number of hydrogen-bond donors (Lipinski definition) is 1. The van der Waals surface area contributed by atoms with E-state index in [2.05, 4.69) is 20.1 Å². The van der Waals surface area contributed by atoms with Gasteiger partial charge in [0.1, 0.15) is 5.75 Å². The number of alkyl halides is 3. The molecule has 0 spiro atoms. The first kappa shape index (κ1) is 21.6. The van der Waals surface area contributed by atoms with E-state index in [1.54, 1.807) is 6.92 Å². The molecule has 1 aromatic carbocycles. The van der Waals surface area contributed by atoms with Gasteiger partial charge in [-0.2, -0.15) is 18.3 Å². The van der Waals surface area contributed by atoms with Crippen molar-refractivity contribution in [3.63, 3.8) is 0 Å². The summed E-state index contributed by atoms with van der Waals surface area (Å²) in [5.74, 6) is -0.149. The number of nitrogens with one attached hydrogen (secondary N) is 1. The molecular formula is C21H23F3N4O2. The average molecular weight is 420 g/mol. The van der Waals surface area contributed by atoms with Crippen molar-refractivity contribution in [2.24, 2.45) is 5.10 Å². The Kier molecular flexibility index (Phi) is 6.59. The van der Waals surface area contributed by atoms with E-state index < -0.39 is 18.8 Å². The minimum absolute atomic E-state index is 0.0213. The van der Waals surface area contributed by atoms with Gasteiger partial charge in [0.25, 0.3) is 0 Å². The van der Waals surface area contributed by atoms with Gasteiger partial charge < -0.3 is 10.1 Å². The van der Waals surface area contributed by atoms with Gasteiger partial charge in [-0.15, -0.1) is 0 Å². The third-order valence-corrected chi connectivity index (χ3v) is 4.76. The van der Waals surface area contributed by atoms with Crippen molar-refractivity contribution in [2.45, 2.75) is 38.0 Å². The monoisotopic (exact) mass is 420 g/mol. The van der Waals surface area contributed by atoms with Crippen LogP contribution in [-0.2, 0) is 11.2 Å². The zero-order valence-electron chi connectivity index (χ0n) is 16.7. The summed E-state index contributed by atoms with van der Waals surface area (Å²) < 4.78 is 41.2. The van der Waals surface area contributed by atoms with Crippen LogP contribution >= 0.6 is 0 Å². The lowest BCUT2D eigenvalue weighted by Gasteiger charge is -2.19. The number of halogens is 3. The predicted molar refractivity (Wildman–Crippen MR) is 106 cm³/mol. The fraction of sp³-hybridized carbons (Fsp3) is 0.381. The summed E-state index contributed by atoms with van der Waals surface area (Å²) >= 11 is 0. The van der Waals surface area contributed by atoms with E-state index in [0.29, 0.717) is 5.69 Å². The molecule has 0 fully saturated rings. The molecule has 9 heteroatoms. The summed E-state index contributed by atoms with van der Waals surface area (Å²) in [6.45, 7) is 0.388. The van der Waals surface area contributed by atoms with Crippen LogP contribution in [0.2, 0.25) is 0 Å². The zero-order chi connectivity index (χ0) is 21.7. The van der Waals surface area contributed by atoms with Crippen molar-refractivity contribution in [2.75, 3.05) is 13.7 Å². The van der Waals surface area contributed by atoms with Gasteiger partial charge in [0.15, 0.2) is 6.61 Å². The minimum atomic E-state index is -4.40. The van der Waals surface area contributed by atoms with Crippen LogP contribution in [-0.4, -0.2) is 41.9 Å². The summed E-state index contributed by atoms with van der Waals surface area (Å²) in [5, 5.41) is 8.99. The summed E-state index contributed by atoms with van der Waals surface area (Å²) in [7, 11) is 1.93. The average Bonchev–Trinajstić information content (AvgIpc) is 3.12. The Morgan fingerprint density at radius 1 is 1.27 bits per heavy atom. The maximum absolute atomic E-state index is 12.4. The second-order valence-corrected chi connectivity index (χ2v) is 7.15. The van der Waals surface area contributed by atoms with Crippen LogP contribution < -0.4 is 10.1 Å².